The maximum Gasteiger partial charge on any atom is 0.257 e. The molecular weight excluding hydrogens is 330 g/mol. The monoisotopic (exact) mass is 347 g/mol. The second kappa shape index (κ2) is 7.22. The molecule has 5 heteroatoms. The van der Waals surface area contributed by atoms with E-state index in [-0.39, 0.29) is 5.91 Å². The third-order valence-electron chi connectivity index (χ3n) is 3.02. The van der Waals surface area contributed by atoms with Gasteiger partial charge in [0.05, 0.1) is 11.3 Å². The molecule has 0 aliphatic carbocycles. The van der Waals surface area contributed by atoms with Gasteiger partial charge in [-0.15, -0.1) is 0 Å². The quantitative estimate of drug-likeness (QED) is 0.850. The first kappa shape index (κ1) is 15.5. The highest BCUT2D eigenvalue weighted by molar-refractivity contribution is 9.10. The number of hydrogen-bond donors (Lipinski definition) is 2. The molecule has 0 aliphatic heterocycles. The van der Waals surface area contributed by atoms with Gasteiger partial charge in [0.2, 0.25) is 0 Å². The number of aryl methyl sites for hydroxylation is 1. The Bertz CT molecular complexity index is 626. The smallest absolute Gasteiger partial charge is 0.257 e. The molecule has 1 amide bonds. The van der Waals surface area contributed by atoms with E-state index in [1.807, 2.05) is 31.2 Å². The second-order valence-corrected chi connectivity index (χ2v) is 5.54. The standard InChI is InChI=1S/C16H18BrN3O/c1-3-9-18-14-8-7-12(10-19-14)16(21)20-13-6-4-5-11(2)15(13)17/h4-8,10H,3,9H2,1-2H3,(H,18,19)(H,20,21). The lowest BCUT2D eigenvalue weighted by Crippen LogP contribution is -2.13. The van der Waals surface area contributed by atoms with Crippen molar-refractivity contribution < 1.29 is 4.79 Å². The van der Waals surface area contributed by atoms with Crippen LogP contribution >= 0.6 is 15.9 Å². The molecule has 0 fully saturated rings. The molecule has 1 aromatic carbocycles. The third-order valence-corrected chi connectivity index (χ3v) is 4.07. The Morgan fingerprint density at radius 2 is 2.10 bits per heavy atom. The first-order valence-electron chi connectivity index (χ1n) is 6.88. The van der Waals surface area contributed by atoms with Crippen molar-refractivity contribution in [2.75, 3.05) is 17.2 Å². The van der Waals surface area contributed by atoms with E-state index in [1.165, 1.54) is 0 Å². The predicted molar refractivity (Wildman–Crippen MR) is 89.8 cm³/mol. The molecule has 0 radical (unpaired) electrons. The summed E-state index contributed by atoms with van der Waals surface area (Å²) in [5, 5.41) is 6.06. The zero-order valence-electron chi connectivity index (χ0n) is 12.1. The topological polar surface area (TPSA) is 54.0 Å². The van der Waals surface area contributed by atoms with Gasteiger partial charge in [0.1, 0.15) is 5.82 Å². The van der Waals surface area contributed by atoms with E-state index in [9.17, 15) is 4.79 Å². The number of amides is 1. The van der Waals surface area contributed by atoms with Crippen molar-refractivity contribution in [3.8, 4) is 0 Å². The maximum atomic E-state index is 12.2. The zero-order valence-corrected chi connectivity index (χ0v) is 13.7. The van der Waals surface area contributed by atoms with Crippen LogP contribution in [0.15, 0.2) is 41.0 Å². The molecule has 0 spiro atoms. The summed E-state index contributed by atoms with van der Waals surface area (Å²) in [5.74, 6) is 0.612. The van der Waals surface area contributed by atoms with Crippen LogP contribution < -0.4 is 10.6 Å². The van der Waals surface area contributed by atoms with Gasteiger partial charge in [-0.1, -0.05) is 19.1 Å². The number of nitrogens with zero attached hydrogens (tertiary/aromatic N) is 1. The van der Waals surface area contributed by atoms with Crippen molar-refractivity contribution in [2.45, 2.75) is 20.3 Å². The van der Waals surface area contributed by atoms with Crippen molar-refractivity contribution in [2.24, 2.45) is 0 Å². The Morgan fingerprint density at radius 3 is 2.76 bits per heavy atom. The van der Waals surface area contributed by atoms with Crippen molar-refractivity contribution >= 4 is 33.3 Å². The molecule has 0 aliphatic rings. The van der Waals surface area contributed by atoms with Crippen LogP contribution in [0.2, 0.25) is 0 Å². The summed E-state index contributed by atoms with van der Waals surface area (Å²) in [6, 6.07) is 9.33. The molecular formula is C16H18BrN3O. The minimum Gasteiger partial charge on any atom is -0.370 e. The van der Waals surface area contributed by atoms with Crippen molar-refractivity contribution in [3.05, 3.63) is 52.1 Å². The maximum absolute atomic E-state index is 12.2. The van der Waals surface area contributed by atoms with E-state index in [4.69, 9.17) is 0 Å². The average molecular weight is 348 g/mol. The summed E-state index contributed by atoms with van der Waals surface area (Å²) in [6.07, 6.45) is 2.61. The van der Waals surface area contributed by atoms with Gasteiger partial charge in [-0.05, 0) is 53.0 Å². The summed E-state index contributed by atoms with van der Waals surface area (Å²) in [4.78, 5) is 16.4. The number of aromatic nitrogens is 1. The lowest BCUT2D eigenvalue weighted by Gasteiger charge is -2.09. The predicted octanol–water partition coefficient (Wildman–Crippen LogP) is 4.23. The lowest BCUT2D eigenvalue weighted by atomic mass is 10.2. The van der Waals surface area contributed by atoms with Crippen molar-refractivity contribution in [1.82, 2.24) is 4.98 Å². The van der Waals surface area contributed by atoms with Crippen LogP contribution in [0.1, 0.15) is 29.3 Å². The number of pyridine rings is 1. The molecule has 0 atom stereocenters. The molecule has 0 saturated heterocycles. The number of anilines is 2. The van der Waals surface area contributed by atoms with Crippen molar-refractivity contribution in [1.29, 1.82) is 0 Å². The molecule has 2 rings (SSSR count). The summed E-state index contributed by atoms with van der Waals surface area (Å²) >= 11 is 3.48. The van der Waals surface area contributed by atoms with Crippen LogP contribution in [0.4, 0.5) is 11.5 Å². The Balaban J connectivity index is 2.08. The highest BCUT2D eigenvalue weighted by Crippen LogP contribution is 2.26. The summed E-state index contributed by atoms with van der Waals surface area (Å²) < 4.78 is 0.896. The number of carbonyl (C=O) groups is 1. The van der Waals surface area contributed by atoms with E-state index in [1.54, 1.807) is 12.3 Å². The SMILES string of the molecule is CCCNc1ccc(C(=O)Nc2cccc(C)c2Br)cn1. The highest BCUT2D eigenvalue weighted by atomic mass is 79.9. The van der Waals surface area contributed by atoms with Gasteiger partial charge in [-0.2, -0.15) is 0 Å². The fourth-order valence-electron chi connectivity index (χ4n) is 1.82. The minimum absolute atomic E-state index is 0.171. The van der Waals surface area contributed by atoms with Gasteiger partial charge in [-0.3, -0.25) is 4.79 Å². The van der Waals surface area contributed by atoms with Gasteiger partial charge < -0.3 is 10.6 Å². The molecule has 1 heterocycles. The fraction of sp³-hybridized carbons (Fsp3) is 0.250. The van der Waals surface area contributed by atoms with E-state index in [2.05, 4.69) is 38.5 Å². The van der Waals surface area contributed by atoms with Gasteiger partial charge in [0.25, 0.3) is 5.91 Å². The molecule has 4 nitrogen and oxygen atoms in total. The van der Waals surface area contributed by atoms with E-state index in [0.717, 1.165) is 34.5 Å². The highest BCUT2D eigenvalue weighted by Gasteiger charge is 2.09. The molecule has 21 heavy (non-hydrogen) atoms. The number of rotatable bonds is 5. The summed E-state index contributed by atoms with van der Waals surface area (Å²) in [6.45, 7) is 4.94. The normalized spacial score (nSPS) is 10.2. The van der Waals surface area contributed by atoms with E-state index in [0.29, 0.717) is 5.56 Å². The van der Waals surface area contributed by atoms with Gasteiger partial charge in [-0.25, -0.2) is 4.98 Å². The molecule has 1 aromatic heterocycles. The minimum atomic E-state index is -0.171. The number of benzene rings is 1. The van der Waals surface area contributed by atoms with E-state index >= 15 is 0 Å². The number of halogens is 1. The largest absolute Gasteiger partial charge is 0.370 e. The Kier molecular flexibility index (Phi) is 5.33. The zero-order chi connectivity index (χ0) is 15.2. The molecule has 0 bridgehead atoms. The third kappa shape index (κ3) is 4.04. The number of nitrogens with one attached hydrogen (secondary N) is 2. The number of carbonyl (C=O) groups excluding carboxylic acids is 1. The van der Waals surface area contributed by atoms with Crippen LogP contribution in [0, 0.1) is 6.92 Å². The average Bonchev–Trinajstić information content (AvgIpc) is 2.50. The fourth-order valence-corrected chi connectivity index (χ4v) is 2.19. The van der Waals surface area contributed by atoms with Gasteiger partial charge in [0, 0.05) is 17.2 Å². The van der Waals surface area contributed by atoms with Crippen LogP contribution in [0.5, 0.6) is 0 Å². The molecule has 0 saturated carbocycles. The Hall–Kier alpha value is -1.88. The van der Waals surface area contributed by atoms with E-state index < -0.39 is 0 Å². The van der Waals surface area contributed by atoms with Crippen LogP contribution in [0.25, 0.3) is 0 Å². The van der Waals surface area contributed by atoms with Crippen LogP contribution in [0.3, 0.4) is 0 Å². The molecule has 2 N–H and O–H groups in total. The second-order valence-electron chi connectivity index (χ2n) is 4.75. The molecule has 110 valence electrons. The summed E-state index contributed by atoms with van der Waals surface area (Å²) in [7, 11) is 0. The van der Waals surface area contributed by atoms with Crippen LogP contribution in [-0.2, 0) is 0 Å². The van der Waals surface area contributed by atoms with Crippen LogP contribution in [-0.4, -0.2) is 17.4 Å². The Labute approximate surface area is 133 Å². The molecule has 0 unspecified atom stereocenters. The number of hydrogen-bond acceptors (Lipinski definition) is 3. The molecule has 2 aromatic rings. The van der Waals surface area contributed by atoms with Crippen molar-refractivity contribution in [3.63, 3.8) is 0 Å². The first-order chi connectivity index (χ1) is 10.1. The van der Waals surface area contributed by atoms with Gasteiger partial charge >= 0.3 is 0 Å². The first-order valence-corrected chi connectivity index (χ1v) is 7.67. The lowest BCUT2D eigenvalue weighted by molar-refractivity contribution is 0.102. The van der Waals surface area contributed by atoms with Gasteiger partial charge in [0.15, 0.2) is 0 Å². The Morgan fingerprint density at radius 1 is 1.29 bits per heavy atom. The summed E-state index contributed by atoms with van der Waals surface area (Å²) in [5.41, 5.74) is 2.36.